The highest BCUT2D eigenvalue weighted by molar-refractivity contribution is 14.0. The van der Waals surface area contributed by atoms with Gasteiger partial charge in [-0.1, -0.05) is 12.8 Å². The van der Waals surface area contributed by atoms with Gasteiger partial charge in [-0.25, -0.2) is 0 Å². The molecule has 0 unspecified atom stereocenters. The lowest BCUT2D eigenvalue weighted by molar-refractivity contribution is 0.107. The summed E-state index contributed by atoms with van der Waals surface area (Å²) in [5, 5.41) is 11.1. The number of aryl methyl sites for hydroxylation is 1. The zero-order valence-corrected chi connectivity index (χ0v) is 18.9. The minimum Gasteiger partial charge on any atom is -0.382 e. The predicted molar refractivity (Wildman–Crippen MR) is 118 cm³/mol. The van der Waals surface area contributed by atoms with Crippen LogP contribution in [0.1, 0.15) is 51.5 Å². The van der Waals surface area contributed by atoms with Crippen molar-refractivity contribution in [3.8, 4) is 0 Å². The van der Waals surface area contributed by atoms with E-state index in [0.29, 0.717) is 5.41 Å². The Morgan fingerprint density at radius 1 is 1.31 bits per heavy atom. The van der Waals surface area contributed by atoms with Crippen molar-refractivity contribution in [2.24, 2.45) is 10.4 Å². The summed E-state index contributed by atoms with van der Waals surface area (Å²) in [5.74, 6) is 0.911. The monoisotopic (exact) mass is 477 g/mol. The lowest BCUT2D eigenvalue weighted by atomic mass is 9.83. The van der Waals surface area contributed by atoms with Crippen LogP contribution < -0.4 is 10.6 Å². The van der Waals surface area contributed by atoms with Gasteiger partial charge in [0, 0.05) is 39.0 Å². The van der Waals surface area contributed by atoms with E-state index in [2.05, 4.69) is 42.7 Å². The molecule has 0 aromatic carbocycles. The molecule has 2 N–H and O–H groups in total. The van der Waals surface area contributed by atoms with E-state index in [1.54, 1.807) is 0 Å². The molecule has 0 saturated heterocycles. The minimum absolute atomic E-state index is 0. The molecule has 1 aromatic rings. The third kappa shape index (κ3) is 7.82. The molecule has 0 atom stereocenters. The number of nitrogens with zero attached hydrogens (tertiary/aromatic N) is 3. The van der Waals surface area contributed by atoms with Gasteiger partial charge in [0.05, 0.1) is 12.7 Å². The second-order valence-electron chi connectivity index (χ2n) is 7.06. The summed E-state index contributed by atoms with van der Waals surface area (Å²) in [6.45, 7) is 11.3. The van der Waals surface area contributed by atoms with Crippen LogP contribution in [0.2, 0.25) is 0 Å². The van der Waals surface area contributed by atoms with Gasteiger partial charge < -0.3 is 15.4 Å². The van der Waals surface area contributed by atoms with Crippen molar-refractivity contribution in [1.82, 2.24) is 20.4 Å². The average molecular weight is 477 g/mol. The molecule has 0 amide bonds. The fourth-order valence-corrected chi connectivity index (χ4v) is 3.51. The zero-order chi connectivity index (χ0) is 18.0. The van der Waals surface area contributed by atoms with Crippen LogP contribution in [0.3, 0.4) is 0 Å². The molecule has 0 bridgehead atoms. The minimum atomic E-state index is 0. The molecule has 0 radical (unpaired) electrons. The Labute approximate surface area is 175 Å². The van der Waals surface area contributed by atoms with Crippen molar-refractivity contribution in [3.63, 3.8) is 0 Å². The topological polar surface area (TPSA) is 63.5 Å². The molecule has 2 rings (SSSR count). The maximum absolute atomic E-state index is 5.60. The fourth-order valence-electron chi connectivity index (χ4n) is 3.51. The predicted octanol–water partition coefficient (Wildman–Crippen LogP) is 3.35. The summed E-state index contributed by atoms with van der Waals surface area (Å²) >= 11 is 0. The molecular formula is C19H36IN5O. The first-order valence-corrected chi connectivity index (χ1v) is 9.76. The van der Waals surface area contributed by atoms with E-state index in [0.717, 1.165) is 51.8 Å². The molecule has 7 heteroatoms. The molecule has 6 nitrogen and oxygen atoms in total. The van der Waals surface area contributed by atoms with E-state index in [9.17, 15) is 0 Å². The number of rotatable bonds is 10. The van der Waals surface area contributed by atoms with E-state index in [1.165, 1.54) is 31.2 Å². The average Bonchev–Trinajstić information content (AvgIpc) is 3.23. The van der Waals surface area contributed by atoms with Crippen LogP contribution in [0.25, 0.3) is 0 Å². The Bertz CT molecular complexity index is 526. The maximum atomic E-state index is 5.60. The van der Waals surface area contributed by atoms with Crippen LogP contribution in [0, 0.1) is 12.3 Å². The molecule has 0 aliphatic heterocycles. The first-order valence-electron chi connectivity index (χ1n) is 9.76. The van der Waals surface area contributed by atoms with Gasteiger partial charge in [-0.3, -0.25) is 9.67 Å². The highest BCUT2D eigenvalue weighted by Crippen LogP contribution is 2.41. The Morgan fingerprint density at radius 2 is 2.08 bits per heavy atom. The Balaban J connectivity index is 0.00000338. The summed E-state index contributed by atoms with van der Waals surface area (Å²) < 4.78 is 7.57. The smallest absolute Gasteiger partial charge is 0.191 e. The lowest BCUT2D eigenvalue weighted by Gasteiger charge is -2.27. The van der Waals surface area contributed by atoms with Crippen molar-refractivity contribution >= 4 is 29.9 Å². The number of hydrogen-bond acceptors (Lipinski definition) is 3. The summed E-state index contributed by atoms with van der Waals surface area (Å²) in [6, 6.07) is 0. The summed E-state index contributed by atoms with van der Waals surface area (Å²) in [4.78, 5) is 4.89. The Hall–Kier alpha value is -0.830. The highest BCUT2D eigenvalue weighted by Gasteiger charge is 2.33. The number of aliphatic imine (C=N–C) groups is 1. The van der Waals surface area contributed by atoms with E-state index in [-0.39, 0.29) is 24.0 Å². The number of guanidine groups is 1. The SMILES string of the molecule is CCNC(=NCC1(CCOCC)CCCC1)NCCn1cc(C)cn1.I. The van der Waals surface area contributed by atoms with Crippen LogP contribution >= 0.6 is 24.0 Å². The first kappa shape index (κ1) is 23.2. The van der Waals surface area contributed by atoms with Crippen molar-refractivity contribution < 1.29 is 4.74 Å². The normalized spacial score (nSPS) is 16.3. The van der Waals surface area contributed by atoms with Crippen molar-refractivity contribution in [2.75, 3.05) is 32.8 Å². The first-order chi connectivity index (χ1) is 12.2. The summed E-state index contributed by atoms with van der Waals surface area (Å²) in [7, 11) is 0. The maximum Gasteiger partial charge on any atom is 0.191 e. The van der Waals surface area contributed by atoms with Crippen LogP contribution in [0.4, 0.5) is 0 Å². The van der Waals surface area contributed by atoms with Crippen molar-refractivity contribution in [3.05, 3.63) is 18.0 Å². The Morgan fingerprint density at radius 3 is 2.69 bits per heavy atom. The van der Waals surface area contributed by atoms with E-state index < -0.39 is 0 Å². The third-order valence-corrected chi connectivity index (χ3v) is 4.96. The Kier molecular flexibility index (Phi) is 11.2. The largest absolute Gasteiger partial charge is 0.382 e. The van der Waals surface area contributed by atoms with Crippen LogP contribution in [0.15, 0.2) is 17.4 Å². The van der Waals surface area contributed by atoms with Crippen LogP contribution in [-0.4, -0.2) is 48.6 Å². The molecule has 26 heavy (non-hydrogen) atoms. The molecular weight excluding hydrogens is 441 g/mol. The molecule has 1 saturated carbocycles. The van der Waals surface area contributed by atoms with Crippen molar-refractivity contribution in [2.45, 2.75) is 59.4 Å². The van der Waals surface area contributed by atoms with Gasteiger partial charge in [0.15, 0.2) is 5.96 Å². The van der Waals surface area contributed by atoms with Gasteiger partial charge in [0.25, 0.3) is 0 Å². The van der Waals surface area contributed by atoms with Gasteiger partial charge in [-0.2, -0.15) is 5.10 Å². The zero-order valence-electron chi connectivity index (χ0n) is 16.6. The molecule has 0 spiro atoms. The molecule has 150 valence electrons. The summed E-state index contributed by atoms with van der Waals surface area (Å²) in [6.07, 6.45) is 10.3. The fraction of sp³-hybridized carbons (Fsp3) is 0.789. The van der Waals surface area contributed by atoms with Gasteiger partial charge in [0.2, 0.25) is 0 Å². The van der Waals surface area contributed by atoms with E-state index >= 15 is 0 Å². The third-order valence-electron chi connectivity index (χ3n) is 4.96. The lowest BCUT2D eigenvalue weighted by Crippen LogP contribution is -2.40. The van der Waals surface area contributed by atoms with Crippen LogP contribution in [0.5, 0.6) is 0 Å². The second-order valence-corrected chi connectivity index (χ2v) is 7.06. The van der Waals surface area contributed by atoms with Gasteiger partial charge in [0.1, 0.15) is 0 Å². The molecule has 1 heterocycles. The molecule has 1 aliphatic carbocycles. The van der Waals surface area contributed by atoms with Gasteiger partial charge in [-0.05, 0) is 51.0 Å². The van der Waals surface area contributed by atoms with Gasteiger partial charge in [-0.15, -0.1) is 24.0 Å². The number of aromatic nitrogens is 2. The molecule has 1 fully saturated rings. The number of ether oxygens (including phenoxy) is 1. The van der Waals surface area contributed by atoms with Gasteiger partial charge >= 0.3 is 0 Å². The summed E-state index contributed by atoms with van der Waals surface area (Å²) in [5.41, 5.74) is 1.52. The molecule has 1 aromatic heterocycles. The highest BCUT2D eigenvalue weighted by atomic mass is 127. The number of hydrogen-bond donors (Lipinski definition) is 2. The number of nitrogens with one attached hydrogen (secondary N) is 2. The van der Waals surface area contributed by atoms with E-state index in [4.69, 9.17) is 9.73 Å². The van der Waals surface area contributed by atoms with Crippen LogP contribution in [-0.2, 0) is 11.3 Å². The standard InChI is InChI=1S/C19H35N5O.HI/c1-4-20-18(21-11-12-24-15-17(3)14-23-24)22-16-19(8-6-7-9-19)10-13-25-5-2;/h14-15H,4-13,16H2,1-3H3,(H2,20,21,22);1H. The van der Waals surface area contributed by atoms with Crippen molar-refractivity contribution in [1.29, 1.82) is 0 Å². The van der Waals surface area contributed by atoms with E-state index in [1.807, 2.05) is 10.9 Å². The quantitative estimate of drug-likeness (QED) is 0.235. The molecule has 1 aliphatic rings. The second kappa shape index (κ2) is 12.5. The number of halogens is 1.